The highest BCUT2D eigenvalue weighted by molar-refractivity contribution is 5.46. The third-order valence-electron chi connectivity index (χ3n) is 1.45. The number of hydrogen-bond donors (Lipinski definition) is 1. The molecule has 0 saturated heterocycles. The summed E-state index contributed by atoms with van der Waals surface area (Å²) in [6, 6.07) is 10.0. The molecule has 1 N–H and O–H groups in total. The van der Waals surface area contributed by atoms with E-state index in [1.807, 2.05) is 30.3 Å². The number of amides is 1. The van der Waals surface area contributed by atoms with Crippen molar-refractivity contribution >= 4 is 6.41 Å². The SMILES string of the molecule is O=[C]NCCc1ccccc1. The van der Waals surface area contributed by atoms with Gasteiger partial charge in [-0.25, -0.2) is 0 Å². The molecule has 0 heterocycles. The van der Waals surface area contributed by atoms with Gasteiger partial charge in [0.25, 0.3) is 0 Å². The summed E-state index contributed by atoms with van der Waals surface area (Å²) >= 11 is 0. The van der Waals surface area contributed by atoms with E-state index in [2.05, 4.69) is 5.32 Å². The average molecular weight is 148 g/mol. The molecule has 0 atom stereocenters. The van der Waals surface area contributed by atoms with Crippen LogP contribution in [0.1, 0.15) is 5.56 Å². The van der Waals surface area contributed by atoms with Crippen LogP contribution in [0.5, 0.6) is 0 Å². The van der Waals surface area contributed by atoms with Crippen molar-refractivity contribution in [3.8, 4) is 0 Å². The lowest BCUT2D eigenvalue weighted by Crippen LogP contribution is -2.14. The number of nitrogens with one attached hydrogen (secondary N) is 1. The van der Waals surface area contributed by atoms with Crippen molar-refractivity contribution in [2.45, 2.75) is 6.42 Å². The van der Waals surface area contributed by atoms with Gasteiger partial charge in [-0.05, 0) is 12.0 Å². The van der Waals surface area contributed by atoms with E-state index in [-0.39, 0.29) is 0 Å². The zero-order valence-electron chi connectivity index (χ0n) is 6.21. The molecule has 2 nitrogen and oxygen atoms in total. The maximum atomic E-state index is 9.76. The topological polar surface area (TPSA) is 29.1 Å². The maximum absolute atomic E-state index is 9.76. The minimum absolute atomic E-state index is 0.660. The maximum Gasteiger partial charge on any atom is 0.309 e. The monoisotopic (exact) mass is 148 g/mol. The van der Waals surface area contributed by atoms with E-state index < -0.39 is 0 Å². The molecular weight excluding hydrogens is 138 g/mol. The predicted molar refractivity (Wildman–Crippen MR) is 43.8 cm³/mol. The zero-order valence-corrected chi connectivity index (χ0v) is 6.21. The van der Waals surface area contributed by atoms with Crippen LogP contribution in [0, 0.1) is 0 Å². The van der Waals surface area contributed by atoms with Crippen molar-refractivity contribution < 1.29 is 4.79 Å². The first-order valence-corrected chi connectivity index (χ1v) is 3.57. The third-order valence-corrected chi connectivity index (χ3v) is 1.45. The van der Waals surface area contributed by atoms with Gasteiger partial charge in [0.2, 0.25) is 0 Å². The summed E-state index contributed by atoms with van der Waals surface area (Å²) in [6.45, 7) is 0.660. The fourth-order valence-electron chi connectivity index (χ4n) is 0.903. The van der Waals surface area contributed by atoms with Gasteiger partial charge in [-0.15, -0.1) is 0 Å². The summed E-state index contributed by atoms with van der Waals surface area (Å²) in [5.41, 5.74) is 1.23. The van der Waals surface area contributed by atoms with Gasteiger partial charge in [-0.2, -0.15) is 0 Å². The highest BCUT2D eigenvalue weighted by Gasteiger charge is 1.88. The Hall–Kier alpha value is -1.31. The molecule has 1 radical (unpaired) electrons. The molecule has 0 unspecified atom stereocenters. The van der Waals surface area contributed by atoms with E-state index in [1.165, 1.54) is 5.56 Å². The Balaban J connectivity index is 2.33. The quantitative estimate of drug-likeness (QED) is 0.498. The van der Waals surface area contributed by atoms with Crippen molar-refractivity contribution in [2.24, 2.45) is 0 Å². The second kappa shape index (κ2) is 4.50. The van der Waals surface area contributed by atoms with Gasteiger partial charge in [-0.1, -0.05) is 30.3 Å². The highest BCUT2D eigenvalue weighted by atomic mass is 16.1. The molecule has 1 rings (SSSR count). The van der Waals surface area contributed by atoms with Crippen molar-refractivity contribution in [3.63, 3.8) is 0 Å². The lowest BCUT2D eigenvalue weighted by Gasteiger charge is -1.97. The molecule has 0 fully saturated rings. The van der Waals surface area contributed by atoms with Gasteiger partial charge in [0.1, 0.15) is 0 Å². The fourth-order valence-corrected chi connectivity index (χ4v) is 0.903. The largest absolute Gasteiger partial charge is 0.348 e. The van der Waals surface area contributed by atoms with Crippen LogP contribution in [0.15, 0.2) is 30.3 Å². The summed E-state index contributed by atoms with van der Waals surface area (Å²) < 4.78 is 0. The minimum atomic E-state index is 0.660. The van der Waals surface area contributed by atoms with Gasteiger partial charge in [-0.3, -0.25) is 4.79 Å². The summed E-state index contributed by atoms with van der Waals surface area (Å²) in [5.74, 6) is 0. The molecule has 0 spiro atoms. The van der Waals surface area contributed by atoms with Crippen molar-refractivity contribution in [3.05, 3.63) is 35.9 Å². The van der Waals surface area contributed by atoms with Crippen LogP contribution in [-0.2, 0) is 11.2 Å². The lowest BCUT2D eigenvalue weighted by molar-refractivity contribution is 0.542. The van der Waals surface area contributed by atoms with Crippen molar-refractivity contribution in [2.75, 3.05) is 6.54 Å². The van der Waals surface area contributed by atoms with Crippen LogP contribution in [0.2, 0.25) is 0 Å². The smallest absolute Gasteiger partial charge is 0.309 e. The summed E-state index contributed by atoms with van der Waals surface area (Å²) in [5, 5.41) is 2.49. The van der Waals surface area contributed by atoms with E-state index in [0.29, 0.717) is 6.54 Å². The highest BCUT2D eigenvalue weighted by Crippen LogP contribution is 1.97. The zero-order chi connectivity index (χ0) is 7.94. The molecule has 0 aliphatic heterocycles. The first-order chi connectivity index (χ1) is 5.43. The summed E-state index contributed by atoms with van der Waals surface area (Å²) in [6.07, 6.45) is 2.51. The van der Waals surface area contributed by atoms with Crippen LogP contribution in [-0.4, -0.2) is 13.0 Å². The van der Waals surface area contributed by atoms with E-state index in [1.54, 1.807) is 6.41 Å². The molecular formula is C9H10NO. The van der Waals surface area contributed by atoms with E-state index in [0.717, 1.165) is 6.42 Å². The van der Waals surface area contributed by atoms with E-state index in [4.69, 9.17) is 0 Å². The number of carbonyl (C=O) groups excluding carboxylic acids is 1. The van der Waals surface area contributed by atoms with Crippen LogP contribution in [0.3, 0.4) is 0 Å². The van der Waals surface area contributed by atoms with Gasteiger partial charge < -0.3 is 5.32 Å². The van der Waals surface area contributed by atoms with Crippen LogP contribution >= 0.6 is 0 Å². The first kappa shape index (κ1) is 7.79. The van der Waals surface area contributed by atoms with E-state index >= 15 is 0 Å². The van der Waals surface area contributed by atoms with Crippen LogP contribution in [0.25, 0.3) is 0 Å². The van der Waals surface area contributed by atoms with Crippen LogP contribution < -0.4 is 5.32 Å². The lowest BCUT2D eigenvalue weighted by atomic mass is 10.2. The standard InChI is InChI=1S/C9H10NO/c11-8-10-7-6-9-4-2-1-3-5-9/h1-5H,6-7H2,(H,10,11). The molecule has 0 aliphatic rings. The Morgan fingerprint density at radius 2 is 2.00 bits per heavy atom. The van der Waals surface area contributed by atoms with Gasteiger partial charge in [0, 0.05) is 6.54 Å². The number of hydrogen-bond acceptors (Lipinski definition) is 1. The molecule has 1 aromatic carbocycles. The van der Waals surface area contributed by atoms with Gasteiger partial charge in [0.15, 0.2) is 0 Å². The molecule has 2 heteroatoms. The van der Waals surface area contributed by atoms with E-state index in [9.17, 15) is 4.79 Å². The minimum Gasteiger partial charge on any atom is -0.348 e. The molecule has 11 heavy (non-hydrogen) atoms. The normalized spacial score (nSPS) is 9.09. The third kappa shape index (κ3) is 2.85. The Morgan fingerprint density at radius 3 is 2.64 bits per heavy atom. The predicted octanol–water partition coefficient (Wildman–Crippen LogP) is 0.886. The molecule has 0 bridgehead atoms. The molecule has 0 aromatic heterocycles. The van der Waals surface area contributed by atoms with Crippen molar-refractivity contribution in [1.82, 2.24) is 5.32 Å². The van der Waals surface area contributed by atoms with Crippen molar-refractivity contribution in [1.29, 1.82) is 0 Å². The second-order valence-corrected chi connectivity index (χ2v) is 2.26. The fraction of sp³-hybridized carbons (Fsp3) is 0.222. The second-order valence-electron chi connectivity index (χ2n) is 2.26. The summed E-state index contributed by atoms with van der Waals surface area (Å²) in [4.78, 5) is 9.76. The molecule has 1 aromatic rings. The Kier molecular flexibility index (Phi) is 3.19. The van der Waals surface area contributed by atoms with Gasteiger partial charge >= 0.3 is 6.41 Å². The van der Waals surface area contributed by atoms with Gasteiger partial charge in [0.05, 0.1) is 0 Å². The Bertz CT molecular complexity index is 208. The summed E-state index contributed by atoms with van der Waals surface area (Å²) in [7, 11) is 0. The van der Waals surface area contributed by atoms with Crippen LogP contribution in [0.4, 0.5) is 0 Å². The molecule has 1 amide bonds. The Morgan fingerprint density at radius 1 is 1.27 bits per heavy atom. The molecule has 57 valence electrons. The molecule has 0 saturated carbocycles. The number of benzene rings is 1. The molecule has 0 aliphatic carbocycles. The number of rotatable bonds is 4. The average Bonchev–Trinajstić information content (AvgIpc) is 2.07. The first-order valence-electron chi connectivity index (χ1n) is 3.57. The Labute approximate surface area is 66.2 Å².